The Morgan fingerprint density at radius 1 is 1.56 bits per heavy atom. The highest BCUT2D eigenvalue weighted by Gasteiger charge is 2.23. The van der Waals surface area contributed by atoms with Crippen molar-refractivity contribution in [2.24, 2.45) is 0 Å². The maximum atomic E-state index is 10.9. The van der Waals surface area contributed by atoms with Crippen LogP contribution in [0.15, 0.2) is 6.07 Å². The van der Waals surface area contributed by atoms with E-state index >= 15 is 0 Å². The number of nitrogens with zero attached hydrogens (tertiary/aromatic N) is 3. The Balaban J connectivity index is 2.37. The zero-order valence-electron chi connectivity index (χ0n) is 9.47. The number of carboxylic acid groups (broad SMARTS) is 1. The van der Waals surface area contributed by atoms with Crippen molar-refractivity contribution in [3.05, 3.63) is 17.5 Å². The maximum absolute atomic E-state index is 10.9. The van der Waals surface area contributed by atoms with Gasteiger partial charge in [0.15, 0.2) is 5.69 Å². The average molecular weight is 221 g/mol. The molecule has 0 saturated carbocycles. The van der Waals surface area contributed by atoms with Crippen LogP contribution in [0, 0.1) is 6.92 Å². The number of hydrogen-bond donors (Lipinski definition) is 1. The first-order valence-electron chi connectivity index (χ1n) is 5.43. The lowest BCUT2D eigenvalue weighted by Gasteiger charge is -2.21. The fourth-order valence-corrected chi connectivity index (χ4v) is 2.02. The summed E-state index contributed by atoms with van der Waals surface area (Å²) in [5, 5.41) is 8.93. The van der Waals surface area contributed by atoms with Gasteiger partial charge in [0.05, 0.1) is 0 Å². The van der Waals surface area contributed by atoms with Crippen molar-refractivity contribution in [3.8, 4) is 0 Å². The summed E-state index contributed by atoms with van der Waals surface area (Å²) in [7, 11) is 0. The van der Waals surface area contributed by atoms with E-state index in [-0.39, 0.29) is 5.69 Å². The third kappa shape index (κ3) is 1.98. The summed E-state index contributed by atoms with van der Waals surface area (Å²) in [5.41, 5.74) is 0.767. The van der Waals surface area contributed by atoms with Gasteiger partial charge in [-0.05, 0) is 32.8 Å². The number of aryl methyl sites for hydroxylation is 1. The lowest BCUT2D eigenvalue weighted by Crippen LogP contribution is -2.29. The third-order valence-electron chi connectivity index (χ3n) is 2.87. The van der Waals surface area contributed by atoms with E-state index in [1.165, 1.54) is 6.07 Å². The SMILES string of the molecule is Cc1cc(C(=O)O)nc(N2CCCC2C)n1. The van der Waals surface area contributed by atoms with E-state index in [4.69, 9.17) is 5.11 Å². The first-order valence-corrected chi connectivity index (χ1v) is 5.43. The normalized spacial score (nSPS) is 20.1. The van der Waals surface area contributed by atoms with Crippen LogP contribution in [0.2, 0.25) is 0 Å². The molecule has 1 aromatic heterocycles. The largest absolute Gasteiger partial charge is 0.477 e. The number of hydrogen-bond acceptors (Lipinski definition) is 4. The number of carboxylic acids is 1. The highest BCUT2D eigenvalue weighted by Crippen LogP contribution is 2.22. The highest BCUT2D eigenvalue weighted by molar-refractivity contribution is 5.85. The molecular formula is C11H15N3O2. The maximum Gasteiger partial charge on any atom is 0.354 e. The van der Waals surface area contributed by atoms with Crippen molar-refractivity contribution < 1.29 is 9.90 Å². The minimum Gasteiger partial charge on any atom is -0.477 e. The molecular weight excluding hydrogens is 206 g/mol. The Kier molecular flexibility index (Phi) is 2.77. The summed E-state index contributed by atoms with van der Waals surface area (Å²) in [6, 6.07) is 1.88. The molecule has 16 heavy (non-hydrogen) atoms. The summed E-state index contributed by atoms with van der Waals surface area (Å²) in [4.78, 5) is 21.3. The van der Waals surface area contributed by atoms with Gasteiger partial charge in [-0.15, -0.1) is 0 Å². The van der Waals surface area contributed by atoms with Crippen LogP contribution in [0.5, 0.6) is 0 Å². The first kappa shape index (κ1) is 10.9. The molecule has 2 heterocycles. The average Bonchev–Trinajstić information content (AvgIpc) is 2.63. The molecule has 1 aliphatic rings. The van der Waals surface area contributed by atoms with Crippen LogP contribution < -0.4 is 4.90 Å². The number of carbonyl (C=O) groups is 1. The van der Waals surface area contributed by atoms with Crippen molar-refractivity contribution in [1.29, 1.82) is 0 Å². The second-order valence-corrected chi connectivity index (χ2v) is 4.18. The standard InChI is InChI=1S/C11H15N3O2/c1-7-6-9(10(15)16)13-11(12-7)14-5-3-4-8(14)2/h6,8H,3-5H2,1-2H3,(H,15,16). The summed E-state index contributed by atoms with van der Waals surface area (Å²) < 4.78 is 0. The van der Waals surface area contributed by atoms with Gasteiger partial charge in [0, 0.05) is 18.3 Å². The van der Waals surface area contributed by atoms with Crippen LogP contribution in [0.1, 0.15) is 35.9 Å². The first-order chi connectivity index (χ1) is 7.58. The van der Waals surface area contributed by atoms with Gasteiger partial charge in [0.25, 0.3) is 0 Å². The van der Waals surface area contributed by atoms with Crippen LogP contribution in [0.3, 0.4) is 0 Å². The van der Waals surface area contributed by atoms with Crippen molar-refractivity contribution in [1.82, 2.24) is 9.97 Å². The van der Waals surface area contributed by atoms with Crippen LogP contribution in [0.4, 0.5) is 5.95 Å². The Labute approximate surface area is 94.1 Å². The zero-order chi connectivity index (χ0) is 11.7. The Hall–Kier alpha value is -1.65. The van der Waals surface area contributed by atoms with Crippen LogP contribution >= 0.6 is 0 Å². The lowest BCUT2D eigenvalue weighted by molar-refractivity contribution is 0.0690. The fourth-order valence-electron chi connectivity index (χ4n) is 2.02. The second-order valence-electron chi connectivity index (χ2n) is 4.18. The topological polar surface area (TPSA) is 66.3 Å². The molecule has 0 bridgehead atoms. The van der Waals surface area contributed by atoms with Crippen LogP contribution in [-0.4, -0.2) is 33.6 Å². The molecule has 0 aliphatic carbocycles. The molecule has 1 fully saturated rings. The van der Waals surface area contributed by atoms with E-state index in [0.29, 0.717) is 17.7 Å². The van der Waals surface area contributed by atoms with Gasteiger partial charge in [-0.25, -0.2) is 14.8 Å². The molecule has 0 spiro atoms. The molecule has 86 valence electrons. The van der Waals surface area contributed by atoms with E-state index in [0.717, 1.165) is 19.4 Å². The predicted molar refractivity (Wildman–Crippen MR) is 59.8 cm³/mol. The Morgan fingerprint density at radius 2 is 2.31 bits per heavy atom. The molecule has 1 N–H and O–H groups in total. The van der Waals surface area contributed by atoms with Gasteiger partial charge in [0.2, 0.25) is 5.95 Å². The number of aromatic nitrogens is 2. The molecule has 2 rings (SSSR count). The van der Waals surface area contributed by atoms with Crippen LogP contribution in [0.25, 0.3) is 0 Å². The molecule has 1 unspecified atom stereocenters. The zero-order valence-corrected chi connectivity index (χ0v) is 9.47. The molecule has 5 nitrogen and oxygen atoms in total. The minimum atomic E-state index is -1.00. The van der Waals surface area contributed by atoms with Crippen molar-refractivity contribution in [2.75, 3.05) is 11.4 Å². The van der Waals surface area contributed by atoms with Crippen LogP contribution in [-0.2, 0) is 0 Å². The number of anilines is 1. The van der Waals surface area contributed by atoms with Gasteiger partial charge < -0.3 is 10.0 Å². The fraction of sp³-hybridized carbons (Fsp3) is 0.545. The van der Waals surface area contributed by atoms with E-state index in [2.05, 4.69) is 21.8 Å². The van der Waals surface area contributed by atoms with Crippen molar-refractivity contribution in [2.45, 2.75) is 32.7 Å². The summed E-state index contributed by atoms with van der Waals surface area (Å²) >= 11 is 0. The highest BCUT2D eigenvalue weighted by atomic mass is 16.4. The summed E-state index contributed by atoms with van der Waals surface area (Å²) in [5.74, 6) is -0.457. The molecule has 0 amide bonds. The Bertz CT molecular complexity index is 420. The van der Waals surface area contributed by atoms with E-state index in [1.54, 1.807) is 6.92 Å². The monoisotopic (exact) mass is 221 g/mol. The predicted octanol–water partition coefficient (Wildman–Crippen LogP) is 1.47. The lowest BCUT2D eigenvalue weighted by atomic mass is 10.2. The molecule has 5 heteroatoms. The van der Waals surface area contributed by atoms with Gasteiger partial charge >= 0.3 is 5.97 Å². The van der Waals surface area contributed by atoms with Gasteiger partial charge in [-0.2, -0.15) is 0 Å². The Morgan fingerprint density at radius 3 is 2.88 bits per heavy atom. The van der Waals surface area contributed by atoms with Crippen molar-refractivity contribution in [3.63, 3.8) is 0 Å². The van der Waals surface area contributed by atoms with Gasteiger partial charge in [-0.1, -0.05) is 0 Å². The van der Waals surface area contributed by atoms with Gasteiger partial charge in [-0.3, -0.25) is 0 Å². The van der Waals surface area contributed by atoms with E-state index in [9.17, 15) is 4.79 Å². The van der Waals surface area contributed by atoms with Crippen molar-refractivity contribution >= 4 is 11.9 Å². The molecule has 1 aromatic rings. The second kappa shape index (κ2) is 4.08. The van der Waals surface area contributed by atoms with Gasteiger partial charge in [0.1, 0.15) is 0 Å². The summed E-state index contributed by atoms with van der Waals surface area (Å²) in [6.45, 7) is 4.81. The minimum absolute atomic E-state index is 0.0709. The smallest absolute Gasteiger partial charge is 0.354 e. The third-order valence-corrected chi connectivity index (χ3v) is 2.87. The quantitative estimate of drug-likeness (QED) is 0.819. The van der Waals surface area contributed by atoms with E-state index in [1.807, 2.05) is 0 Å². The summed E-state index contributed by atoms with van der Waals surface area (Å²) in [6.07, 6.45) is 2.22. The van der Waals surface area contributed by atoms with E-state index < -0.39 is 5.97 Å². The molecule has 1 saturated heterocycles. The molecule has 0 radical (unpaired) electrons. The molecule has 1 aliphatic heterocycles. The molecule has 1 atom stereocenters. The molecule has 0 aromatic carbocycles. The number of rotatable bonds is 2. The number of aromatic carboxylic acids is 1.